The van der Waals surface area contributed by atoms with Crippen molar-refractivity contribution in [2.75, 3.05) is 7.11 Å². The zero-order chi connectivity index (χ0) is 19.4. The van der Waals surface area contributed by atoms with E-state index in [1.54, 1.807) is 13.2 Å². The van der Waals surface area contributed by atoms with Crippen molar-refractivity contribution in [3.63, 3.8) is 0 Å². The highest BCUT2D eigenvalue weighted by molar-refractivity contribution is 6.19. The third kappa shape index (κ3) is 2.22. The third-order valence-corrected chi connectivity index (χ3v) is 4.90. The number of benzene rings is 2. The first-order chi connectivity index (χ1) is 13.6. The molecule has 0 N–H and O–H groups in total. The average Bonchev–Trinajstić information content (AvgIpc) is 3.04. The van der Waals surface area contributed by atoms with Gasteiger partial charge in [-0.05, 0) is 31.5 Å². The molecule has 0 bridgehead atoms. The molecule has 0 aliphatic rings. The molecule has 7 heteroatoms. The molecule has 0 unspecified atom stereocenters. The Morgan fingerprint density at radius 3 is 2.50 bits per heavy atom. The second kappa shape index (κ2) is 5.88. The molecule has 138 valence electrons. The van der Waals surface area contributed by atoms with Crippen LogP contribution in [0.2, 0.25) is 0 Å². The van der Waals surface area contributed by atoms with Crippen molar-refractivity contribution >= 4 is 32.9 Å². The summed E-state index contributed by atoms with van der Waals surface area (Å²) < 4.78 is 12.9. The molecular formula is C21H16N4O3. The van der Waals surface area contributed by atoms with Crippen LogP contribution in [-0.2, 0) is 0 Å². The first-order valence-corrected chi connectivity index (χ1v) is 8.81. The number of para-hydroxylation sites is 1. The first-order valence-electron chi connectivity index (χ1n) is 8.81. The van der Waals surface area contributed by atoms with Crippen LogP contribution in [0.5, 0.6) is 5.75 Å². The number of aryl methyl sites for hydroxylation is 2. The van der Waals surface area contributed by atoms with Crippen molar-refractivity contribution in [3.05, 3.63) is 64.1 Å². The van der Waals surface area contributed by atoms with Gasteiger partial charge < -0.3 is 9.15 Å². The van der Waals surface area contributed by atoms with E-state index >= 15 is 0 Å². The summed E-state index contributed by atoms with van der Waals surface area (Å²) in [6, 6.07) is 13.0. The van der Waals surface area contributed by atoms with Crippen molar-refractivity contribution in [3.8, 4) is 11.4 Å². The van der Waals surface area contributed by atoms with Gasteiger partial charge in [-0.2, -0.15) is 5.10 Å². The van der Waals surface area contributed by atoms with Gasteiger partial charge in [-0.25, -0.2) is 9.48 Å². The summed E-state index contributed by atoms with van der Waals surface area (Å²) >= 11 is 0. The van der Waals surface area contributed by atoms with E-state index < -0.39 is 5.63 Å². The smallest absolute Gasteiger partial charge is 0.336 e. The van der Waals surface area contributed by atoms with E-state index in [0.29, 0.717) is 22.4 Å². The SMILES string of the molecule is COc1cc2oc(=O)cc(C)c2c2c1nnc1c(C)nn(-c3ccccc3)c12. The van der Waals surface area contributed by atoms with Crippen LogP contribution < -0.4 is 10.4 Å². The number of fused-ring (bicyclic) bond motifs is 5. The summed E-state index contributed by atoms with van der Waals surface area (Å²) in [6.07, 6.45) is 0. The Balaban J connectivity index is 2.11. The number of ether oxygens (including phenoxy) is 1. The van der Waals surface area contributed by atoms with Crippen LogP contribution in [0.25, 0.3) is 38.6 Å². The molecule has 0 aliphatic carbocycles. The predicted octanol–water partition coefficient (Wildman–Crippen LogP) is 3.70. The Labute approximate surface area is 159 Å². The van der Waals surface area contributed by atoms with Crippen molar-refractivity contribution in [1.82, 2.24) is 20.0 Å². The maximum atomic E-state index is 11.9. The Hall–Kier alpha value is -3.74. The lowest BCUT2D eigenvalue weighted by Gasteiger charge is -2.11. The second-order valence-electron chi connectivity index (χ2n) is 6.65. The van der Waals surface area contributed by atoms with Gasteiger partial charge in [-0.1, -0.05) is 18.2 Å². The fraction of sp³-hybridized carbons (Fsp3) is 0.143. The molecule has 0 amide bonds. The minimum atomic E-state index is -0.405. The summed E-state index contributed by atoms with van der Waals surface area (Å²) in [6.45, 7) is 3.78. The number of hydrogen-bond donors (Lipinski definition) is 0. The van der Waals surface area contributed by atoms with Gasteiger partial charge in [0, 0.05) is 22.9 Å². The highest BCUT2D eigenvalue weighted by Gasteiger charge is 2.21. The lowest BCUT2D eigenvalue weighted by atomic mass is 10.0. The van der Waals surface area contributed by atoms with Gasteiger partial charge in [-0.3, -0.25) is 0 Å². The molecular weight excluding hydrogens is 356 g/mol. The van der Waals surface area contributed by atoms with E-state index in [0.717, 1.165) is 33.2 Å². The van der Waals surface area contributed by atoms with Crippen LogP contribution in [0, 0.1) is 13.8 Å². The largest absolute Gasteiger partial charge is 0.494 e. The molecule has 0 atom stereocenters. The number of hydrogen-bond acceptors (Lipinski definition) is 6. The third-order valence-electron chi connectivity index (χ3n) is 4.90. The molecule has 0 radical (unpaired) electrons. The maximum Gasteiger partial charge on any atom is 0.336 e. The van der Waals surface area contributed by atoms with E-state index in [-0.39, 0.29) is 0 Å². The minimum Gasteiger partial charge on any atom is -0.494 e. The van der Waals surface area contributed by atoms with Gasteiger partial charge in [0.15, 0.2) is 5.75 Å². The Morgan fingerprint density at radius 1 is 1.00 bits per heavy atom. The van der Waals surface area contributed by atoms with Gasteiger partial charge in [0.25, 0.3) is 0 Å². The zero-order valence-corrected chi connectivity index (χ0v) is 15.6. The van der Waals surface area contributed by atoms with Gasteiger partial charge in [-0.15, -0.1) is 10.2 Å². The lowest BCUT2D eigenvalue weighted by Crippen LogP contribution is -2.02. The molecule has 3 aromatic heterocycles. The quantitative estimate of drug-likeness (QED) is 0.347. The molecule has 7 nitrogen and oxygen atoms in total. The van der Waals surface area contributed by atoms with Crippen LogP contribution in [0.4, 0.5) is 0 Å². The summed E-state index contributed by atoms with van der Waals surface area (Å²) in [5.41, 5.74) is 4.59. The highest BCUT2D eigenvalue weighted by atomic mass is 16.5. The number of nitrogens with zero attached hydrogens (tertiary/aromatic N) is 4. The Kier molecular flexibility index (Phi) is 3.45. The van der Waals surface area contributed by atoms with Gasteiger partial charge in [0.2, 0.25) is 0 Å². The summed E-state index contributed by atoms with van der Waals surface area (Å²) in [5.74, 6) is 0.490. The predicted molar refractivity (Wildman–Crippen MR) is 106 cm³/mol. The first kappa shape index (κ1) is 16.4. The molecule has 0 spiro atoms. The number of rotatable bonds is 2. The maximum absolute atomic E-state index is 11.9. The fourth-order valence-electron chi connectivity index (χ4n) is 3.69. The van der Waals surface area contributed by atoms with E-state index in [1.165, 1.54) is 6.07 Å². The van der Waals surface area contributed by atoms with Crippen LogP contribution in [0.15, 0.2) is 51.7 Å². The van der Waals surface area contributed by atoms with Crippen LogP contribution in [0.3, 0.4) is 0 Å². The van der Waals surface area contributed by atoms with E-state index in [1.807, 2.05) is 48.9 Å². The van der Waals surface area contributed by atoms with Crippen LogP contribution in [-0.4, -0.2) is 27.1 Å². The number of aromatic nitrogens is 4. The van der Waals surface area contributed by atoms with Gasteiger partial charge in [0.05, 0.1) is 18.5 Å². The Bertz CT molecular complexity index is 1440. The fourth-order valence-corrected chi connectivity index (χ4v) is 3.69. The molecule has 0 aliphatic heterocycles. The standard InChI is InChI=1S/C21H16N4O3/c1-11-9-16(26)28-14-10-15(27-3)20-18(17(11)14)21-19(22-23-20)12(2)24-25(21)13-7-5-4-6-8-13/h4-10H,1-3H3. The van der Waals surface area contributed by atoms with Crippen molar-refractivity contribution < 1.29 is 9.15 Å². The second-order valence-corrected chi connectivity index (χ2v) is 6.65. The molecule has 3 heterocycles. The molecule has 5 rings (SSSR count). The van der Waals surface area contributed by atoms with Crippen LogP contribution in [0.1, 0.15) is 11.3 Å². The molecule has 5 aromatic rings. The highest BCUT2D eigenvalue weighted by Crippen LogP contribution is 2.38. The summed E-state index contributed by atoms with van der Waals surface area (Å²) in [4.78, 5) is 11.9. The van der Waals surface area contributed by atoms with Crippen LogP contribution >= 0.6 is 0 Å². The molecule has 0 saturated heterocycles. The summed E-state index contributed by atoms with van der Waals surface area (Å²) in [5, 5.41) is 15.1. The number of methoxy groups -OCH3 is 1. The van der Waals surface area contributed by atoms with Gasteiger partial charge in [0.1, 0.15) is 22.1 Å². The molecule has 2 aromatic carbocycles. The molecule has 28 heavy (non-hydrogen) atoms. The monoisotopic (exact) mass is 372 g/mol. The molecule has 0 saturated carbocycles. The minimum absolute atomic E-state index is 0.405. The van der Waals surface area contributed by atoms with E-state index in [9.17, 15) is 4.79 Å². The van der Waals surface area contributed by atoms with Crippen molar-refractivity contribution in [1.29, 1.82) is 0 Å². The van der Waals surface area contributed by atoms with Crippen molar-refractivity contribution in [2.45, 2.75) is 13.8 Å². The topological polar surface area (TPSA) is 83.0 Å². The lowest BCUT2D eigenvalue weighted by molar-refractivity contribution is 0.418. The Morgan fingerprint density at radius 2 is 1.75 bits per heavy atom. The molecule has 0 fully saturated rings. The normalized spacial score (nSPS) is 11.5. The van der Waals surface area contributed by atoms with Crippen molar-refractivity contribution in [2.24, 2.45) is 0 Å². The summed E-state index contributed by atoms with van der Waals surface area (Å²) in [7, 11) is 1.56. The zero-order valence-electron chi connectivity index (χ0n) is 15.6. The van der Waals surface area contributed by atoms with E-state index in [2.05, 4.69) is 10.2 Å². The average molecular weight is 372 g/mol. The van der Waals surface area contributed by atoms with Gasteiger partial charge >= 0.3 is 5.63 Å². The van der Waals surface area contributed by atoms with E-state index in [4.69, 9.17) is 14.3 Å².